The third-order valence-electron chi connectivity index (χ3n) is 3.56. The Hall–Kier alpha value is -1.03. The standard InChI is InChI=1S/C14H25N3O/c1-10(6-5-9-15-13-7-8-13)18-14-11(2)16-17(4)12(14)3/h10,13,15H,5-9H2,1-4H3. The molecule has 0 amide bonds. The normalized spacial score (nSPS) is 16.9. The lowest BCUT2D eigenvalue weighted by molar-refractivity contribution is 0.204. The maximum absolute atomic E-state index is 6.01. The summed E-state index contributed by atoms with van der Waals surface area (Å²) in [5.41, 5.74) is 2.09. The van der Waals surface area contributed by atoms with E-state index in [4.69, 9.17) is 4.74 Å². The van der Waals surface area contributed by atoms with Crippen LogP contribution in [0.2, 0.25) is 0 Å². The Bertz CT molecular complexity index is 396. The number of aromatic nitrogens is 2. The molecule has 1 aliphatic carbocycles. The van der Waals surface area contributed by atoms with Gasteiger partial charge in [-0.2, -0.15) is 5.10 Å². The Morgan fingerprint density at radius 2 is 2.17 bits per heavy atom. The topological polar surface area (TPSA) is 39.1 Å². The van der Waals surface area contributed by atoms with Crippen LogP contribution in [0.15, 0.2) is 0 Å². The number of ether oxygens (including phenoxy) is 1. The molecule has 1 saturated carbocycles. The average Bonchev–Trinajstić information content (AvgIpc) is 3.10. The summed E-state index contributed by atoms with van der Waals surface area (Å²) in [6.45, 7) is 7.31. The fraction of sp³-hybridized carbons (Fsp3) is 0.786. The molecule has 1 N–H and O–H groups in total. The van der Waals surface area contributed by atoms with Crippen molar-refractivity contribution in [3.63, 3.8) is 0 Å². The minimum Gasteiger partial charge on any atom is -0.487 e. The fourth-order valence-corrected chi connectivity index (χ4v) is 2.17. The molecular formula is C14H25N3O. The maximum atomic E-state index is 6.01. The van der Waals surface area contributed by atoms with Gasteiger partial charge in [-0.3, -0.25) is 4.68 Å². The van der Waals surface area contributed by atoms with Gasteiger partial charge in [-0.15, -0.1) is 0 Å². The predicted molar refractivity (Wildman–Crippen MR) is 73.0 cm³/mol. The number of hydrogen-bond donors (Lipinski definition) is 1. The van der Waals surface area contributed by atoms with E-state index in [0.29, 0.717) is 0 Å². The van der Waals surface area contributed by atoms with Crippen LogP contribution in [-0.4, -0.2) is 28.5 Å². The Kier molecular flexibility index (Phi) is 4.27. The van der Waals surface area contributed by atoms with Crippen molar-refractivity contribution in [3.05, 3.63) is 11.4 Å². The van der Waals surface area contributed by atoms with Gasteiger partial charge in [0.2, 0.25) is 0 Å². The van der Waals surface area contributed by atoms with E-state index in [-0.39, 0.29) is 6.10 Å². The second-order valence-electron chi connectivity index (χ2n) is 5.42. The van der Waals surface area contributed by atoms with Crippen LogP contribution in [-0.2, 0) is 7.05 Å². The van der Waals surface area contributed by atoms with Crippen molar-refractivity contribution < 1.29 is 4.74 Å². The summed E-state index contributed by atoms with van der Waals surface area (Å²) >= 11 is 0. The van der Waals surface area contributed by atoms with Gasteiger partial charge in [0.05, 0.1) is 11.8 Å². The van der Waals surface area contributed by atoms with E-state index in [2.05, 4.69) is 24.3 Å². The first-order valence-corrected chi connectivity index (χ1v) is 6.98. The molecule has 2 rings (SSSR count). The van der Waals surface area contributed by atoms with Gasteiger partial charge in [0.25, 0.3) is 0 Å². The van der Waals surface area contributed by atoms with E-state index in [9.17, 15) is 0 Å². The van der Waals surface area contributed by atoms with E-state index >= 15 is 0 Å². The van der Waals surface area contributed by atoms with E-state index in [1.807, 2.05) is 18.7 Å². The van der Waals surface area contributed by atoms with E-state index < -0.39 is 0 Å². The van der Waals surface area contributed by atoms with Crippen molar-refractivity contribution in [3.8, 4) is 5.75 Å². The molecule has 1 unspecified atom stereocenters. The molecule has 0 bridgehead atoms. The van der Waals surface area contributed by atoms with Crippen LogP contribution in [0, 0.1) is 13.8 Å². The smallest absolute Gasteiger partial charge is 0.163 e. The number of hydrogen-bond acceptors (Lipinski definition) is 3. The Morgan fingerprint density at radius 3 is 2.72 bits per heavy atom. The van der Waals surface area contributed by atoms with Gasteiger partial charge in [0, 0.05) is 13.1 Å². The molecule has 0 radical (unpaired) electrons. The monoisotopic (exact) mass is 251 g/mol. The summed E-state index contributed by atoms with van der Waals surface area (Å²) in [5.74, 6) is 0.958. The summed E-state index contributed by atoms with van der Waals surface area (Å²) in [6.07, 6.45) is 5.25. The van der Waals surface area contributed by atoms with Crippen LogP contribution in [0.1, 0.15) is 44.0 Å². The molecule has 1 aromatic heterocycles. The molecule has 0 spiro atoms. The second-order valence-corrected chi connectivity index (χ2v) is 5.42. The van der Waals surface area contributed by atoms with E-state index in [1.165, 1.54) is 19.3 Å². The first-order valence-electron chi connectivity index (χ1n) is 6.98. The van der Waals surface area contributed by atoms with E-state index in [1.54, 1.807) is 0 Å². The highest BCUT2D eigenvalue weighted by atomic mass is 16.5. The summed E-state index contributed by atoms with van der Waals surface area (Å²) in [5, 5.41) is 7.90. The predicted octanol–water partition coefficient (Wildman–Crippen LogP) is 2.34. The molecule has 1 fully saturated rings. The largest absolute Gasteiger partial charge is 0.487 e. The molecule has 1 heterocycles. The number of aryl methyl sites for hydroxylation is 2. The fourth-order valence-electron chi connectivity index (χ4n) is 2.17. The van der Waals surface area contributed by atoms with E-state index in [0.717, 1.165) is 36.1 Å². The van der Waals surface area contributed by atoms with Crippen molar-refractivity contribution in [1.29, 1.82) is 0 Å². The zero-order valence-electron chi connectivity index (χ0n) is 12.0. The first kappa shape index (κ1) is 13.4. The highest BCUT2D eigenvalue weighted by Crippen LogP contribution is 2.23. The van der Waals surface area contributed by atoms with Crippen molar-refractivity contribution in [1.82, 2.24) is 15.1 Å². The summed E-state index contributed by atoms with van der Waals surface area (Å²) in [7, 11) is 1.96. The number of nitrogens with one attached hydrogen (secondary N) is 1. The minimum absolute atomic E-state index is 0.257. The molecule has 18 heavy (non-hydrogen) atoms. The summed E-state index contributed by atoms with van der Waals surface area (Å²) in [4.78, 5) is 0. The van der Waals surface area contributed by atoms with Gasteiger partial charge in [-0.25, -0.2) is 0 Å². The Balaban J connectivity index is 1.73. The zero-order valence-corrected chi connectivity index (χ0v) is 12.0. The molecule has 0 aromatic carbocycles. The number of nitrogens with zero attached hydrogens (tertiary/aromatic N) is 2. The van der Waals surface area contributed by atoms with Gasteiger partial charge >= 0.3 is 0 Å². The van der Waals surface area contributed by atoms with Gasteiger partial charge in [-0.1, -0.05) is 0 Å². The molecule has 4 nitrogen and oxygen atoms in total. The lowest BCUT2D eigenvalue weighted by Gasteiger charge is -2.15. The SMILES string of the molecule is Cc1nn(C)c(C)c1OC(C)CCCNC1CC1. The lowest BCUT2D eigenvalue weighted by Crippen LogP contribution is -2.20. The van der Waals surface area contributed by atoms with Gasteiger partial charge in [-0.05, 0) is 53.0 Å². The third kappa shape index (κ3) is 3.48. The third-order valence-corrected chi connectivity index (χ3v) is 3.56. The minimum atomic E-state index is 0.257. The molecule has 102 valence electrons. The molecule has 1 atom stereocenters. The molecule has 4 heteroatoms. The average molecular weight is 251 g/mol. The molecular weight excluding hydrogens is 226 g/mol. The zero-order chi connectivity index (χ0) is 13.1. The van der Waals surface area contributed by atoms with Crippen LogP contribution in [0.4, 0.5) is 0 Å². The molecule has 1 aromatic rings. The molecule has 1 aliphatic rings. The highest BCUT2D eigenvalue weighted by Gasteiger charge is 2.20. The van der Waals surface area contributed by atoms with Crippen LogP contribution in [0.3, 0.4) is 0 Å². The van der Waals surface area contributed by atoms with Crippen molar-refractivity contribution >= 4 is 0 Å². The van der Waals surface area contributed by atoms with Crippen LogP contribution < -0.4 is 10.1 Å². The quantitative estimate of drug-likeness (QED) is 0.756. The van der Waals surface area contributed by atoms with Crippen molar-refractivity contribution in [2.45, 2.75) is 58.6 Å². The molecule has 0 aliphatic heterocycles. The highest BCUT2D eigenvalue weighted by molar-refractivity contribution is 5.31. The lowest BCUT2D eigenvalue weighted by atomic mass is 10.2. The Morgan fingerprint density at radius 1 is 1.44 bits per heavy atom. The van der Waals surface area contributed by atoms with Gasteiger partial charge in [0.15, 0.2) is 5.75 Å². The van der Waals surface area contributed by atoms with Crippen LogP contribution in [0.25, 0.3) is 0 Å². The van der Waals surface area contributed by atoms with Crippen LogP contribution >= 0.6 is 0 Å². The molecule has 0 saturated heterocycles. The Labute approximate surface area is 110 Å². The number of rotatable bonds is 7. The van der Waals surface area contributed by atoms with Crippen molar-refractivity contribution in [2.24, 2.45) is 7.05 Å². The van der Waals surface area contributed by atoms with Crippen LogP contribution in [0.5, 0.6) is 5.75 Å². The summed E-state index contributed by atoms with van der Waals surface area (Å²) in [6, 6.07) is 0.809. The van der Waals surface area contributed by atoms with Gasteiger partial charge in [0.1, 0.15) is 5.69 Å². The summed E-state index contributed by atoms with van der Waals surface area (Å²) < 4.78 is 7.89. The van der Waals surface area contributed by atoms with Gasteiger partial charge < -0.3 is 10.1 Å². The van der Waals surface area contributed by atoms with Crippen molar-refractivity contribution in [2.75, 3.05) is 6.54 Å². The second kappa shape index (κ2) is 5.74. The maximum Gasteiger partial charge on any atom is 0.163 e. The first-order chi connectivity index (χ1) is 8.58.